The number of rotatable bonds is 8. The van der Waals surface area contributed by atoms with Gasteiger partial charge in [-0.2, -0.15) is 4.98 Å². The van der Waals surface area contributed by atoms with Gasteiger partial charge in [-0.3, -0.25) is 14.7 Å². The highest BCUT2D eigenvalue weighted by molar-refractivity contribution is 5.90. The maximum atomic E-state index is 13.0. The smallest absolute Gasteiger partial charge is 0.407 e. The number of carbonyl (C=O) groups excluding carboxylic acids is 3. The number of amides is 5. The van der Waals surface area contributed by atoms with Crippen molar-refractivity contribution in [3.05, 3.63) is 22.7 Å². The van der Waals surface area contributed by atoms with Crippen LogP contribution in [0.1, 0.15) is 92.0 Å². The molecule has 48 heavy (non-hydrogen) atoms. The standard InChI is InChI=1S/C33H54N8O7/c1-32(2,3)48-31(47)34-23-9-13-24(14-10-23)38(6)21-22-7-11-25(12-8-22)41-16-15-26(36-29(41)44)35-28(43)40-19-17-39(18-20-40)27(42)33(4,5)37-30(45)46/h15-16,22-25,37H,7-14,17-21H2,1-6H3,(H,34,47)(H,45,46)(H,35,36,43,44). The third-order valence-electron chi connectivity index (χ3n) is 9.67. The molecule has 2 saturated carbocycles. The predicted octanol–water partition coefficient (Wildman–Crippen LogP) is 3.46. The van der Waals surface area contributed by atoms with Crippen LogP contribution in [0.25, 0.3) is 0 Å². The van der Waals surface area contributed by atoms with E-state index < -0.39 is 29.0 Å². The van der Waals surface area contributed by atoms with Gasteiger partial charge in [0, 0.05) is 57.0 Å². The molecule has 5 amide bonds. The molecule has 268 valence electrons. The molecular weight excluding hydrogens is 620 g/mol. The molecule has 0 bridgehead atoms. The van der Waals surface area contributed by atoms with Gasteiger partial charge in [0.1, 0.15) is 17.0 Å². The molecule has 15 nitrogen and oxygen atoms in total. The van der Waals surface area contributed by atoms with Crippen LogP contribution in [0.5, 0.6) is 0 Å². The lowest BCUT2D eigenvalue weighted by Crippen LogP contribution is -2.60. The van der Waals surface area contributed by atoms with Crippen LogP contribution >= 0.6 is 0 Å². The lowest BCUT2D eigenvalue weighted by Gasteiger charge is -2.38. The van der Waals surface area contributed by atoms with E-state index in [1.165, 1.54) is 18.7 Å². The summed E-state index contributed by atoms with van der Waals surface area (Å²) in [7, 11) is 2.19. The number of ether oxygens (including phenoxy) is 1. The SMILES string of the molecule is CN(CC1CCC(n2ccc(NC(=O)N3CCN(C(=O)C(C)(C)NC(=O)O)CC3)nc2=O)CC1)C1CCC(NC(=O)OC(C)(C)C)CC1. The van der Waals surface area contributed by atoms with Crippen LogP contribution in [0.15, 0.2) is 17.1 Å². The second-order valence-electron chi connectivity index (χ2n) is 15.0. The summed E-state index contributed by atoms with van der Waals surface area (Å²) in [5.74, 6) is 0.379. The van der Waals surface area contributed by atoms with Gasteiger partial charge in [-0.05, 0) is 105 Å². The normalized spacial score (nSPS) is 23.7. The van der Waals surface area contributed by atoms with Crippen molar-refractivity contribution in [3.63, 3.8) is 0 Å². The molecule has 4 N–H and O–H groups in total. The first-order chi connectivity index (χ1) is 22.5. The Labute approximate surface area is 282 Å². The summed E-state index contributed by atoms with van der Waals surface area (Å²) < 4.78 is 7.08. The molecule has 2 aliphatic carbocycles. The van der Waals surface area contributed by atoms with E-state index in [1.54, 1.807) is 21.7 Å². The Kier molecular flexibility index (Phi) is 12.0. The third kappa shape index (κ3) is 10.3. The molecule has 3 aliphatic rings. The van der Waals surface area contributed by atoms with E-state index in [9.17, 15) is 24.0 Å². The Morgan fingerprint density at radius 2 is 1.54 bits per heavy atom. The number of carbonyl (C=O) groups is 4. The number of hydrogen-bond donors (Lipinski definition) is 4. The van der Waals surface area contributed by atoms with E-state index >= 15 is 0 Å². The minimum Gasteiger partial charge on any atom is -0.465 e. The Bertz CT molecular complexity index is 1350. The van der Waals surface area contributed by atoms with Crippen LogP contribution in [0.3, 0.4) is 0 Å². The van der Waals surface area contributed by atoms with Crippen LogP contribution in [-0.2, 0) is 9.53 Å². The summed E-state index contributed by atoms with van der Waals surface area (Å²) in [6.07, 6.45) is 7.87. The molecule has 1 aliphatic heterocycles. The van der Waals surface area contributed by atoms with Crippen molar-refractivity contribution >= 4 is 29.9 Å². The van der Waals surface area contributed by atoms with Crippen molar-refractivity contribution in [1.82, 2.24) is 34.9 Å². The van der Waals surface area contributed by atoms with Gasteiger partial charge in [0.25, 0.3) is 0 Å². The minimum absolute atomic E-state index is 0.0659. The number of hydrogen-bond acceptors (Lipinski definition) is 8. The Hall–Kier alpha value is -3.88. The van der Waals surface area contributed by atoms with Crippen molar-refractivity contribution in [3.8, 4) is 0 Å². The van der Waals surface area contributed by atoms with E-state index in [0.717, 1.165) is 57.9 Å². The van der Waals surface area contributed by atoms with Crippen molar-refractivity contribution < 1.29 is 29.0 Å². The van der Waals surface area contributed by atoms with E-state index in [-0.39, 0.29) is 56.1 Å². The number of nitrogens with one attached hydrogen (secondary N) is 3. The number of urea groups is 1. The largest absolute Gasteiger partial charge is 0.465 e. The van der Waals surface area contributed by atoms with Crippen LogP contribution in [0.2, 0.25) is 0 Å². The average molecular weight is 675 g/mol. The summed E-state index contributed by atoms with van der Waals surface area (Å²) in [6, 6.07) is 1.95. The summed E-state index contributed by atoms with van der Waals surface area (Å²) in [6.45, 7) is 10.7. The van der Waals surface area contributed by atoms with Crippen molar-refractivity contribution in [2.24, 2.45) is 5.92 Å². The Morgan fingerprint density at radius 1 is 0.938 bits per heavy atom. The Morgan fingerprint density at radius 3 is 2.10 bits per heavy atom. The third-order valence-corrected chi connectivity index (χ3v) is 9.67. The number of piperazine rings is 1. The van der Waals surface area contributed by atoms with Gasteiger partial charge < -0.3 is 35.2 Å². The van der Waals surface area contributed by atoms with Crippen LogP contribution < -0.4 is 21.6 Å². The van der Waals surface area contributed by atoms with Gasteiger partial charge in [-0.25, -0.2) is 19.2 Å². The molecule has 3 fully saturated rings. The van der Waals surface area contributed by atoms with Crippen LogP contribution in [0, 0.1) is 5.92 Å². The maximum Gasteiger partial charge on any atom is 0.407 e. The van der Waals surface area contributed by atoms with Gasteiger partial charge in [0.2, 0.25) is 5.91 Å². The quantitative estimate of drug-likeness (QED) is 0.321. The zero-order valence-corrected chi connectivity index (χ0v) is 29.3. The predicted molar refractivity (Wildman–Crippen MR) is 180 cm³/mol. The molecule has 2 heterocycles. The second-order valence-corrected chi connectivity index (χ2v) is 15.0. The van der Waals surface area contributed by atoms with Gasteiger partial charge >= 0.3 is 23.9 Å². The van der Waals surface area contributed by atoms with Gasteiger partial charge in [0.15, 0.2) is 0 Å². The fourth-order valence-corrected chi connectivity index (χ4v) is 7.07. The van der Waals surface area contributed by atoms with Crippen molar-refractivity contribution in [2.75, 3.05) is 45.1 Å². The summed E-state index contributed by atoms with van der Waals surface area (Å²) in [4.78, 5) is 71.4. The highest BCUT2D eigenvalue weighted by atomic mass is 16.6. The molecule has 0 aromatic carbocycles. The molecular formula is C33H54N8O7. The monoisotopic (exact) mass is 674 g/mol. The second kappa shape index (κ2) is 15.6. The number of anilines is 1. The van der Waals surface area contributed by atoms with Crippen LogP contribution in [-0.4, -0.2) is 116 Å². The average Bonchev–Trinajstić information content (AvgIpc) is 3.00. The fourth-order valence-electron chi connectivity index (χ4n) is 7.07. The molecule has 0 unspecified atom stereocenters. The number of carboxylic acid groups (broad SMARTS) is 1. The molecule has 0 radical (unpaired) electrons. The molecule has 1 aromatic rings. The van der Waals surface area contributed by atoms with Crippen LogP contribution in [0.4, 0.5) is 20.2 Å². The highest BCUT2D eigenvalue weighted by Crippen LogP contribution is 2.33. The molecule has 4 rings (SSSR count). The first-order valence-electron chi connectivity index (χ1n) is 17.2. The minimum atomic E-state index is -1.28. The number of aromatic nitrogens is 2. The van der Waals surface area contributed by atoms with E-state index in [2.05, 4.69) is 32.9 Å². The Balaban J connectivity index is 1.18. The molecule has 1 aromatic heterocycles. The maximum absolute atomic E-state index is 13.0. The molecule has 1 saturated heterocycles. The molecule has 0 spiro atoms. The number of alkyl carbamates (subject to hydrolysis) is 1. The summed E-state index contributed by atoms with van der Waals surface area (Å²) in [5, 5.41) is 16.9. The van der Waals surface area contributed by atoms with Crippen molar-refractivity contribution in [2.45, 2.75) is 115 Å². The molecule has 0 atom stereocenters. The summed E-state index contributed by atoms with van der Waals surface area (Å²) >= 11 is 0. The fraction of sp³-hybridized carbons (Fsp3) is 0.758. The first kappa shape index (κ1) is 36.9. The molecule has 15 heteroatoms. The summed E-state index contributed by atoms with van der Waals surface area (Å²) in [5.41, 5.74) is -2.17. The lowest BCUT2D eigenvalue weighted by molar-refractivity contribution is -0.138. The topological polar surface area (TPSA) is 178 Å². The van der Waals surface area contributed by atoms with E-state index in [0.29, 0.717) is 12.0 Å². The van der Waals surface area contributed by atoms with Gasteiger partial charge in [-0.1, -0.05) is 0 Å². The lowest BCUT2D eigenvalue weighted by atomic mass is 9.84. The van der Waals surface area contributed by atoms with E-state index in [1.807, 2.05) is 20.8 Å². The van der Waals surface area contributed by atoms with Gasteiger partial charge in [-0.15, -0.1) is 0 Å². The van der Waals surface area contributed by atoms with Gasteiger partial charge in [0.05, 0.1) is 0 Å². The zero-order valence-electron chi connectivity index (χ0n) is 29.3. The zero-order chi connectivity index (χ0) is 35.2. The first-order valence-corrected chi connectivity index (χ1v) is 17.2. The highest BCUT2D eigenvalue weighted by Gasteiger charge is 2.36. The number of nitrogens with zero attached hydrogens (tertiary/aromatic N) is 5. The van der Waals surface area contributed by atoms with Crippen molar-refractivity contribution in [1.29, 1.82) is 0 Å². The van der Waals surface area contributed by atoms with E-state index in [4.69, 9.17) is 9.84 Å².